The summed E-state index contributed by atoms with van der Waals surface area (Å²) in [6, 6.07) is 7.33. The number of rotatable bonds is 4. The van der Waals surface area contributed by atoms with Crippen molar-refractivity contribution in [2.24, 2.45) is 0 Å². The molecular formula is C19H17ClN2O3. The summed E-state index contributed by atoms with van der Waals surface area (Å²) < 4.78 is 5.28. The van der Waals surface area contributed by atoms with Gasteiger partial charge in [-0.25, -0.2) is 9.78 Å². The molecule has 3 rings (SSSR count). The van der Waals surface area contributed by atoms with E-state index in [2.05, 4.69) is 9.97 Å². The molecule has 0 amide bonds. The van der Waals surface area contributed by atoms with E-state index < -0.39 is 5.97 Å². The fourth-order valence-electron chi connectivity index (χ4n) is 2.54. The molecule has 0 spiro atoms. The van der Waals surface area contributed by atoms with Gasteiger partial charge in [0.2, 0.25) is 0 Å². The third-order valence-corrected chi connectivity index (χ3v) is 4.53. The fourth-order valence-corrected chi connectivity index (χ4v) is 2.74. The third kappa shape index (κ3) is 3.42. The Kier molecular flexibility index (Phi) is 4.59. The van der Waals surface area contributed by atoms with E-state index >= 15 is 0 Å². The number of aromatic amines is 1. The molecule has 0 unspecified atom stereocenters. The van der Waals surface area contributed by atoms with Crippen LogP contribution in [-0.2, 0) is 11.3 Å². The van der Waals surface area contributed by atoms with Crippen molar-refractivity contribution in [3.63, 3.8) is 0 Å². The molecule has 0 fully saturated rings. The predicted octanol–water partition coefficient (Wildman–Crippen LogP) is 4.39. The number of pyridine rings is 1. The molecule has 0 saturated carbocycles. The summed E-state index contributed by atoms with van der Waals surface area (Å²) in [5.41, 5.74) is 4.35. The van der Waals surface area contributed by atoms with Crippen molar-refractivity contribution >= 4 is 34.3 Å². The number of nitrogens with one attached hydrogen (secondary N) is 1. The van der Waals surface area contributed by atoms with Crippen molar-refractivity contribution in [3.05, 3.63) is 63.6 Å². The van der Waals surface area contributed by atoms with Crippen molar-refractivity contribution in [1.29, 1.82) is 0 Å². The number of halogens is 1. The molecular weight excluding hydrogens is 340 g/mol. The molecule has 2 aromatic heterocycles. The van der Waals surface area contributed by atoms with E-state index in [1.807, 2.05) is 32.0 Å². The number of nitrogens with zero attached hydrogens (tertiary/aromatic N) is 1. The Labute approximate surface area is 150 Å². The molecule has 1 aromatic carbocycles. The van der Waals surface area contributed by atoms with Gasteiger partial charge in [0.05, 0.1) is 5.52 Å². The summed E-state index contributed by atoms with van der Waals surface area (Å²) in [6.45, 7) is 5.45. The average molecular weight is 357 g/mol. The lowest BCUT2D eigenvalue weighted by molar-refractivity contribution is 0.0466. The van der Waals surface area contributed by atoms with Crippen molar-refractivity contribution in [3.8, 4) is 0 Å². The number of aromatic nitrogens is 2. The predicted molar refractivity (Wildman–Crippen MR) is 96.1 cm³/mol. The summed E-state index contributed by atoms with van der Waals surface area (Å²) in [5, 5.41) is 1.25. The first-order valence-electron chi connectivity index (χ1n) is 7.78. The lowest BCUT2D eigenvalue weighted by Crippen LogP contribution is -2.06. The van der Waals surface area contributed by atoms with Crippen molar-refractivity contribution in [2.75, 3.05) is 0 Å². The van der Waals surface area contributed by atoms with Gasteiger partial charge in [-0.3, -0.25) is 4.79 Å². The number of Topliss-reactive ketones (excluding diaryl/α,β-unsaturated/α-hetero) is 1. The van der Waals surface area contributed by atoms with Gasteiger partial charge in [-0.1, -0.05) is 23.7 Å². The number of hydrogen-bond acceptors (Lipinski definition) is 4. The summed E-state index contributed by atoms with van der Waals surface area (Å²) in [7, 11) is 0. The minimum atomic E-state index is -0.552. The lowest BCUT2D eigenvalue weighted by atomic mass is 10.0. The van der Waals surface area contributed by atoms with Crippen LogP contribution in [0.25, 0.3) is 10.9 Å². The first kappa shape index (κ1) is 17.2. The standard InChI is InChI=1S/C19H17ClN2O3/c1-10-4-5-13-6-15(18(20)22-17(13)11(10)2)9-25-19(24)16-7-14(8-21-16)12(3)23/h4-8,21H,9H2,1-3H3. The minimum Gasteiger partial charge on any atom is -0.456 e. The van der Waals surface area contributed by atoms with Crippen LogP contribution in [0, 0.1) is 13.8 Å². The molecule has 3 aromatic rings. The number of carbonyl (C=O) groups excluding carboxylic acids is 2. The van der Waals surface area contributed by atoms with Crippen molar-refractivity contribution in [2.45, 2.75) is 27.4 Å². The number of aryl methyl sites for hydroxylation is 2. The van der Waals surface area contributed by atoms with E-state index in [-0.39, 0.29) is 18.1 Å². The maximum atomic E-state index is 12.1. The number of ketones is 1. The van der Waals surface area contributed by atoms with E-state index in [4.69, 9.17) is 16.3 Å². The molecule has 2 heterocycles. The zero-order chi connectivity index (χ0) is 18.1. The number of ether oxygens (including phenoxy) is 1. The molecule has 128 valence electrons. The molecule has 0 radical (unpaired) electrons. The van der Waals surface area contributed by atoms with Crippen LogP contribution in [0.4, 0.5) is 0 Å². The Morgan fingerprint density at radius 3 is 2.68 bits per heavy atom. The number of hydrogen-bond donors (Lipinski definition) is 1. The van der Waals surface area contributed by atoms with Crippen LogP contribution in [0.5, 0.6) is 0 Å². The summed E-state index contributed by atoms with van der Waals surface area (Å²) in [5.74, 6) is -0.675. The summed E-state index contributed by atoms with van der Waals surface area (Å²) in [6.07, 6.45) is 1.48. The fraction of sp³-hybridized carbons (Fsp3) is 0.211. The van der Waals surface area contributed by atoms with Gasteiger partial charge in [-0.05, 0) is 44.0 Å². The Morgan fingerprint density at radius 1 is 1.24 bits per heavy atom. The van der Waals surface area contributed by atoms with Gasteiger partial charge in [0.25, 0.3) is 0 Å². The van der Waals surface area contributed by atoms with E-state index in [9.17, 15) is 9.59 Å². The van der Waals surface area contributed by atoms with Crippen LogP contribution < -0.4 is 0 Å². The second-order valence-electron chi connectivity index (χ2n) is 5.95. The van der Waals surface area contributed by atoms with Crippen LogP contribution >= 0.6 is 11.6 Å². The van der Waals surface area contributed by atoms with Gasteiger partial charge < -0.3 is 9.72 Å². The van der Waals surface area contributed by atoms with E-state index in [0.717, 1.165) is 22.0 Å². The molecule has 6 heteroatoms. The lowest BCUT2D eigenvalue weighted by Gasteiger charge is -2.10. The van der Waals surface area contributed by atoms with Gasteiger partial charge in [0, 0.05) is 22.7 Å². The number of esters is 1. The molecule has 5 nitrogen and oxygen atoms in total. The van der Waals surface area contributed by atoms with Crippen LogP contribution in [-0.4, -0.2) is 21.7 Å². The normalized spacial score (nSPS) is 10.9. The van der Waals surface area contributed by atoms with Crippen molar-refractivity contribution < 1.29 is 14.3 Å². The van der Waals surface area contributed by atoms with Gasteiger partial charge in [0.1, 0.15) is 17.5 Å². The van der Waals surface area contributed by atoms with E-state index in [1.165, 1.54) is 19.2 Å². The molecule has 25 heavy (non-hydrogen) atoms. The van der Waals surface area contributed by atoms with Gasteiger partial charge in [0.15, 0.2) is 5.78 Å². The Morgan fingerprint density at radius 2 is 2.00 bits per heavy atom. The van der Waals surface area contributed by atoms with Crippen LogP contribution in [0.1, 0.15) is 44.5 Å². The highest BCUT2D eigenvalue weighted by Gasteiger charge is 2.14. The van der Waals surface area contributed by atoms with Gasteiger partial charge in [-0.15, -0.1) is 0 Å². The highest BCUT2D eigenvalue weighted by Crippen LogP contribution is 2.25. The SMILES string of the molecule is CC(=O)c1c[nH]c(C(=O)OCc2cc3ccc(C)c(C)c3nc2Cl)c1. The summed E-state index contributed by atoms with van der Waals surface area (Å²) >= 11 is 6.25. The Balaban J connectivity index is 1.80. The van der Waals surface area contributed by atoms with Crippen LogP contribution in [0.3, 0.4) is 0 Å². The number of fused-ring (bicyclic) bond motifs is 1. The highest BCUT2D eigenvalue weighted by molar-refractivity contribution is 6.30. The second kappa shape index (κ2) is 6.69. The molecule has 0 bridgehead atoms. The first-order valence-corrected chi connectivity index (χ1v) is 8.16. The molecule has 0 aliphatic rings. The van der Waals surface area contributed by atoms with Crippen LogP contribution in [0.2, 0.25) is 5.15 Å². The number of H-pyrrole nitrogens is 1. The molecule has 0 atom stereocenters. The smallest absolute Gasteiger partial charge is 0.355 e. The molecule has 0 saturated heterocycles. The minimum absolute atomic E-state index is 0.00194. The first-order chi connectivity index (χ1) is 11.9. The monoisotopic (exact) mass is 356 g/mol. The number of carbonyl (C=O) groups is 2. The molecule has 0 aliphatic heterocycles. The Bertz CT molecular complexity index is 992. The van der Waals surface area contributed by atoms with Crippen LogP contribution in [0.15, 0.2) is 30.5 Å². The highest BCUT2D eigenvalue weighted by atomic mass is 35.5. The molecule has 0 aliphatic carbocycles. The van der Waals surface area contributed by atoms with E-state index in [1.54, 1.807) is 0 Å². The topological polar surface area (TPSA) is 72.0 Å². The molecule has 1 N–H and O–H groups in total. The average Bonchev–Trinajstić information content (AvgIpc) is 3.07. The van der Waals surface area contributed by atoms with E-state index in [0.29, 0.717) is 16.3 Å². The van der Waals surface area contributed by atoms with Gasteiger partial charge in [-0.2, -0.15) is 0 Å². The zero-order valence-electron chi connectivity index (χ0n) is 14.1. The quantitative estimate of drug-likeness (QED) is 0.427. The third-order valence-electron chi connectivity index (χ3n) is 4.21. The number of benzene rings is 1. The zero-order valence-corrected chi connectivity index (χ0v) is 14.9. The maximum Gasteiger partial charge on any atom is 0.355 e. The van der Waals surface area contributed by atoms with Gasteiger partial charge >= 0.3 is 5.97 Å². The maximum absolute atomic E-state index is 12.1. The summed E-state index contributed by atoms with van der Waals surface area (Å²) in [4.78, 5) is 30.6. The Hall–Kier alpha value is -2.66. The largest absolute Gasteiger partial charge is 0.456 e. The second-order valence-corrected chi connectivity index (χ2v) is 6.31. The van der Waals surface area contributed by atoms with Crippen molar-refractivity contribution in [1.82, 2.24) is 9.97 Å².